The minimum Gasteiger partial charge on any atom is -0.370 e. The molecule has 1 aromatic carbocycles. The van der Waals surface area contributed by atoms with Gasteiger partial charge in [0.15, 0.2) is 0 Å². The number of rotatable bonds is 3. The van der Waals surface area contributed by atoms with Crippen molar-refractivity contribution in [3.63, 3.8) is 0 Å². The van der Waals surface area contributed by atoms with Crippen molar-refractivity contribution in [2.45, 2.75) is 13.3 Å². The van der Waals surface area contributed by atoms with Gasteiger partial charge in [-0.15, -0.1) is 0 Å². The first-order chi connectivity index (χ1) is 6.74. The molecule has 3 nitrogen and oxygen atoms in total. The Labute approximate surface area is 83.1 Å². The summed E-state index contributed by atoms with van der Waals surface area (Å²) >= 11 is 0. The lowest BCUT2D eigenvalue weighted by atomic mass is 10.1. The summed E-state index contributed by atoms with van der Waals surface area (Å²) in [6, 6.07) is 9.86. The SMILES string of the molecule is CC(=CCc1ccccc1)C(=O)ON. The normalized spacial score (nSPS) is 11.1. The van der Waals surface area contributed by atoms with Crippen molar-refractivity contribution in [3.05, 3.63) is 47.5 Å². The van der Waals surface area contributed by atoms with Gasteiger partial charge in [0.25, 0.3) is 0 Å². The molecule has 0 heterocycles. The Balaban J connectivity index is 2.59. The fourth-order valence-electron chi connectivity index (χ4n) is 1.06. The van der Waals surface area contributed by atoms with Crippen molar-refractivity contribution in [1.29, 1.82) is 0 Å². The molecule has 0 fully saturated rings. The van der Waals surface area contributed by atoms with Crippen molar-refractivity contribution < 1.29 is 9.63 Å². The van der Waals surface area contributed by atoms with E-state index in [1.54, 1.807) is 13.0 Å². The van der Waals surface area contributed by atoms with Crippen LogP contribution in [0.2, 0.25) is 0 Å². The maximum absolute atomic E-state index is 10.9. The fourth-order valence-corrected chi connectivity index (χ4v) is 1.06. The van der Waals surface area contributed by atoms with Gasteiger partial charge in [0.05, 0.1) is 0 Å². The van der Waals surface area contributed by atoms with Crippen LogP contribution in [0, 0.1) is 0 Å². The number of hydrogen-bond donors (Lipinski definition) is 1. The van der Waals surface area contributed by atoms with E-state index < -0.39 is 5.97 Å². The number of benzene rings is 1. The van der Waals surface area contributed by atoms with Crippen LogP contribution in [0.1, 0.15) is 12.5 Å². The molecule has 2 N–H and O–H groups in total. The van der Waals surface area contributed by atoms with Crippen LogP contribution in [0.3, 0.4) is 0 Å². The summed E-state index contributed by atoms with van der Waals surface area (Å²) < 4.78 is 0. The van der Waals surface area contributed by atoms with Gasteiger partial charge in [0.2, 0.25) is 0 Å². The Hall–Kier alpha value is -1.61. The number of carbonyl (C=O) groups is 1. The molecule has 74 valence electrons. The molecule has 0 aliphatic heterocycles. The summed E-state index contributed by atoms with van der Waals surface area (Å²) in [5.74, 6) is 4.27. The van der Waals surface area contributed by atoms with Gasteiger partial charge in [-0.25, -0.2) is 4.79 Å². The van der Waals surface area contributed by atoms with Gasteiger partial charge in [0.1, 0.15) is 0 Å². The lowest BCUT2D eigenvalue weighted by Crippen LogP contribution is -2.10. The maximum atomic E-state index is 10.9. The second-order valence-electron chi connectivity index (χ2n) is 2.98. The first-order valence-corrected chi connectivity index (χ1v) is 4.36. The zero-order chi connectivity index (χ0) is 10.4. The molecule has 0 aliphatic rings. The van der Waals surface area contributed by atoms with Crippen LogP contribution in [0.15, 0.2) is 42.0 Å². The van der Waals surface area contributed by atoms with E-state index in [1.165, 1.54) is 0 Å². The number of nitrogens with two attached hydrogens (primary N) is 1. The molecule has 1 rings (SSSR count). The Morgan fingerprint density at radius 1 is 1.43 bits per heavy atom. The van der Waals surface area contributed by atoms with Crippen molar-refractivity contribution in [2.24, 2.45) is 5.90 Å². The highest BCUT2D eigenvalue weighted by atomic mass is 16.7. The highest BCUT2D eigenvalue weighted by molar-refractivity contribution is 5.87. The highest BCUT2D eigenvalue weighted by Crippen LogP contribution is 2.03. The fraction of sp³-hybridized carbons (Fsp3) is 0.182. The van der Waals surface area contributed by atoms with E-state index in [1.807, 2.05) is 30.3 Å². The van der Waals surface area contributed by atoms with E-state index in [-0.39, 0.29) is 0 Å². The molecule has 0 radical (unpaired) electrons. The third-order valence-corrected chi connectivity index (χ3v) is 1.92. The first-order valence-electron chi connectivity index (χ1n) is 4.36. The van der Waals surface area contributed by atoms with Gasteiger partial charge in [-0.05, 0) is 18.9 Å². The predicted octanol–water partition coefficient (Wildman–Crippen LogP) is 1.59. The van der Waals surface area contributed by atoms with E-state index in [2.05, 4.69) is 4.84 Å². The van der Waals surface area contributed by atoms with Crippen molar-refractivity contribution in [1.82, 2.24) is 0 Å². The Morgan fingerprint density at radius 3 is 2.64 bits per heavy atom. The maximum Gasteiger partial charge on any atom is 0.351 e. The number of carbonyl (C=O) groups excluding carboxylic acids is 1. The van der Waals surface area contributed by atoms with Gasteiger partial charge in [0, 0.05) is 5.57 Å². The van der Waals surface area contributed by atoms with Crippen LogP contribution in [0.5, 0.6) is 0 Å². The van der Waals surface area contributed by atoms with Crippen LogP contribution >= 0.6 is 0 Å². The Morgan fingerprint density at radius 2 is 2.07 bits per heavy atom. The van der Waals surface area contributed by atoms with Crippen molar-refractivity contribution >= 4 is 5.97 Å². The minimum atomic E-state index is -0.485. The van der Waals surface area contributed by atoms with Gasteiger partial charge in [-0.1, -0.05) is 36.4 Å². The van der Waals surface area contributed by atoms with Gasteiger partial charge in [-0.3, -0.25) is 0 Å². The minimum absolute atomic E-state index is 0.485. The molecule has 0 aliphatic carbocycles. The van der Waals surface area contributed by atoms with E-state index >= 15 is 0 Å². The van der Waals surface area contributed by atoms with Crippen LogP contribution in [-0.2, 0) is 16.1 Å². The first kappa shape index (κ1) is 10.5. The van der Waals surface area contributed by atoms with Gasteiger partial charge >= 0.3 is 5.97 Å². The van der Waals surface area contributed by atoms with E-state index in [0.29, 0.717) is 12.0 Å². The second-order valence-corrected chi connectivity index (χ2v) is 2.98. The predicted molar refractivity (Wildman–Crippen MR) is 54.2 cm³/mol. The van der Waals surface area contributed by atoms with Crippen LogP contribution < -0.4 is 5.90 Å². The van der Waals surface area contributed by atoms with Crippen LogP contribution in [0.25, 0.3) is 0 Å². The molecule has 14 heavy (non-hydrogen) atoms. The summed E-state index contributed by atoms with van der Waals surface area (Å²) in [6.45, 7) is 1.68. The second kappa shape index (κ2) is 5.19. The smallest absolute Gasteiger partial charge is 0.351 e. The average Bonchev–Trinajstić information content (AvgIpc) is 2.26. The van der Waals surface area contributed by atoms with Crippen LogP contribution in [0.4, 0.5) is 0 Å². The molecule has 0 atom stereocenters. The topological polar surface area (TPSA) is 52.3 Å². The third-order valence-electron chi connectivity index (χ3n) is 1.92. The molecule has 0 aromatic heterocycles. The van der Waals surface area contributed by atoms with E-state index in [9.17, 15) is 4.79 Å². The summed E-state index contributed by atoms with van der Waals surface area (Å²) in [5, 5.41) is 0. The van der Waals surface area contributed by atoms with Crippen LogP contribution in [-0.4, -0.2) is 5.97 Å². The summed E-state index contributed by atoms with van der Waals surface area (Å²) in [5.41, 5.74) is 1.67. The lowest BCUT2D eigenvalue weighted by Gasteiger charge is -1.98. The largest absolute Gasteiger partial charge is 0.370 e. The monoisotopic (exact) mass is 191 g/mol. The molecular formula is C11H13NO2. The Bertz CT molecular complexity index is 330. The zero-order valence-electron chi connectivity index (χ0n) is 8.07. The summed E-state index contributed by atoms with van der Waals surface area (Å²) in [7, 11) is 0. The summed E-state index contributed by atoms with van der Waals surface area (Å²) in [6.07, 6.45) is 2.51. The average molecular weight is 191 g/mol. The Kier molecular flexibility index (Phi) is 3.88. The molecule has 0 spiro atoms. The van der Waals surface area contributed by atoms with Gasteiger partial charge < -0.3 is 4.84 Å². The zero-order valence-corrected chi connectivity index (χ0v) is 8.07. The molecule has 0 saturated heterocycles. The molecular weight excluding hydrogens is 178 g/mol. The lowest BCUT2D eigenvalue weighted by molar-refractivity contribution is -0.139. The molecule has 0 unspecified atom stereocenters. The molecule has 0 amide bonds. The van der Waals surface area contributed by atoms with Gasteiger partial charge in [-0.2, -0.15) is 5.90 Å². The van der Waals surface area contributed by atoms with E-state index in [4.69, 9.17) is 5.90 Å². The molecule has 0 saturated carbocycles. The summed E-state index contributed by atoms with van der Waals surface area (Å²) in [4.78, 5) is 15.0. The van der Waals surface area contributed by atoms with Crippen molar-refractivity contribution in [2.75, 3.05) is 0 Å². The molecule has 0 bridgehead atoms. The highest BCUT2D eigenvalue weighted by Gasteiger charge is 2.02. The number of hydrogen-bond acceptors (Lipinski definition) is 3. The van der Waals surface area contributed by atoms with Crippen molar-refractivity contribution in [3.8, 4) is 0 Å². The molecule has 3 heteroatoms. The number of allylic oxidation sites excluding steroid dienone is 1. The third kappa shape index (κ3) is 3.03. The molecule has 1 aromatic rings. The quantitative estimate of drug-likeness (QED) is 0.583. The standard InChI is InChI=1S/C11H13NO2/c1-9(11(13)14-12)7-8-10-5-3-2-4-6-10/h2-7H,8,12H2,1H3. The van der Waals surface area contributed by atoms with E-state index in [0.717, 1.165) is 5.56 Å².